The molecule has 0 aromatic rings. The van der Waals surface area contributed by atoms with Gasteiger partial charge in [-0.1, -0.05) is 43.7 Å². The largest absolute Gasteiger partial charge is 0.393 e. The van der Waals surface area contributed by atoms with Crippen LogP contribution in [0.1, 0.15) is 72.1 Å². The molecule has 2 rings (SSSR count). The quantitative estimate of drug-likeness (QED) is 0.591. The molecule has 3 unspecified atom stereocenters. The average molecular weight is 317 g/mol. The summed E-state index contributed by atoms with van der Waals surface area (Å²) in [5.41, 5.74) is 1.91. The van der Waals surface area contributed by atoms with Gasteiger partial charge in [0.15, 0.2) is 0 Å². The first-order valence-corrected chi connectivity index (χ1v) is 9.63. The fourth-order valence-electron chi connectivity index (χ4n) is 4.87. The molecule has 1 saturated carbocycles. The Morgan fingerprint density at radius 3 is 2.52 bits per heavy atom. The molecule has 1 fully saturated rings. The molecule has 0 aromatic heterocycles. The first-order chi connectivity index (χ1) is 11.0. The minimum Gasteiger partial charge on any atom is -0.393 e. The van der Waals surface area contributed by atoms with Crippen LogP contribution < -0.4 is 0 Å². The van der Waals surface area contributed by atoms with Crippen LogP contribution in [0.5, 0.6) is 0 Å². The van der Waals surface area contributed by atoms with Gasteiger partial charge in [-0.3, -0.25) is 0 Å². The van der Waals surface area contributed by atoms with Crippen LogP contribution in [0.4, 0.5) is 0 Å². The third-order valence-corrected chi connectivity index (χ3v) is 6.53. The summed E-state index contributed by atoms with van der Waals surface area (Å²) in [5, 5.41) is 9.94. The Morgan fingerprint density at radius 2 is 2.00 bits per heavy atom. The van der Waals surface area contributed by atoms with Crippen LogP contribution in [-0.4, -0.2) is 11.2 Å². The molecule has 0 radical (unpaired) electrons. The lowest BCUT2D eigenvalue weighted by Crippen LogP contribution is -2.40. The van der Waals surface area contributed by atoms with Crippen molar-refractivity contribution in [2.24, 2.45) is 23.2 Å². The Kier molecular flexibility index (Phi) is 6.71. The van der Waals surface area contributed by atoms with Gasteiger partial charge < -0.3 is 5.11 Å². The van der Waals surface area contributed by atoms with Crippen LogP contribution in [0.15, 0.2) is 36.5 Å². The molecule has 3 atom stereocenters. The lowest BCUT2D eigenvalue weighted by molar-refractivity contribution is 0.0523. The van der Waals surface area contributed by atoms with E-state index in [-0.39, 0.29) is 11.5 Å². The van der Waals surface area contributed by atoms with E-state index in [2.05, 4.69) is 51.7 Å². The predicted octanol–water partition coefficient (Wildman–Crippen LogP) is 6.06. The normalized spacial score (nSPS) is 33.0. The van der Waals surface area contributed by atoms with Crippen molar-refractivity contribution in [3.05, 3.63) is 36.5 Å². The topological polar surface area (TPSA) is 20.2 Å². The molecule has 130 valence electrons. The second kappa shape index (κ2) is 8.33. The molecule has 23 heavy (non-hydrogen) atoms. The zero-order valence-corrected chi connectivity index (χ0v) is 15.4. The van der Waals surface area contributed by atoms with Crippen LogP contribution in [0.25, 0.3) is 0 Å². The lowest BCUT2D eigenvalue weighted by atomic mass is 9.57. The van der Waals surface area contributed by atoms with Crippen molar-refractivity contribution in [2.75, 3.05) is 0 Å². The van der Waals surface area contributed by atoms with Crippen molar-refractivity contribution >= 4 is 0 Å². The van der Waals surface area contributed by atoms with Gasteiger partial charge >= 0.3 is 0 Å². The van der Waals surface area contributed by atoms with E-state index in [1.54, 1.807) is 5.57 Å². The van der Waals surface area contributed by atoms with Crippen LogP contribution in [0.2, 0.25) is 0 Å². The molecule has 0 heterocycles. The summed E-state index contributed by atoms with van der Waals surface area (Å²) in [6, 6.07) is 0. The SMILES string of the molecule is C=CCC(/C=C\C)C(C)(C1=CCC(C)CC1)C1CCC(O)CC1. The Labute approximate surface area is 143 Å². The molecule has 2 aliphatic carbocycles. The standard InChI is InChI=1S/C22H36O/c1-5-7-18(8-6-2)22(4,19-11-9-17(3)10-12-19)20-13-15-21(23)16-14-20/h5-6,8,11,17-18,20-21,23H,1,7,9-10,12-16H2,2-4H3/b8-6-. The Bertz CT molecular complexity index is 439. The van der Waals surface area contributed by atoms with E-state index in [0.29, 0.717) is 11.8 Å². The molecular weight excluding hydrogens is 280 g/mol. The molecule has 0 aromatic carbocycles. The molecule has 2 aliphatic rings. The van der Waals surface area contributed by atoms with Gasteiger partial charge in [0.05, 0.1) is 6.10 Å². The smallest absolute Gasteiger partial charge is 0.0540 e. The molecule has 0 bridgehead atoms. The molecule has 1 N–H and O–H groups in total. The summed E-state index contributed by atoms with van der Waals surface area (Å²) >= 11 is 0. The van der Waals surface area contributed by atoms with E-state index < -0.39 is 0 Å². The third-order valence-electron chi connectivity index (χ3n) is 6.53. The fourth-order valence-corrected chi connectivity index (χ4v) is 4.87. The van der Waals surface area contributed by atoms with Gasteiger partial charge in [0.25, 0.3) is 0 Å². The molecule has 0 amide bonds. The second-order valence-corrected chi connectivity index (χ2v) is 8.05. The van der Waals surface area contributed by atoms with Crippen molar-refractivity contribution in [1.82, 2.24) is 0 Å². The summed E-state index contributed by atoms with van der Waals surface area (Å²) in [6.07, 6.45) is 18.3. The predicted molar refractivity (Wildman–Crippen MR) is 100 cm³/mol. The number of hydrogen-bond acceptors (Lipinski definition) is 1. The van der Waals surface area contributed by atoms with Crippen molar-refractivity contribution < 1.29 is 5.11 Å². The van der Waals surface area contributed by atoms with Gasteiger partial charge in [-0.2, -0.15) is 0 Å². The first-order valence-electron chi connectivity index (χ1n) is 9.63. The van der Waals surface area contributed by atoms with Crippen LogP contribution in [0, 0.1) is 23.2 Å². The molecular formula is C22H36O. The zero-order valence-electron chi connectivity index (χ0n) is 15.4. The average Bonchev–Trinajstić information content (AvgIpc) is 2.55. The minimum absolute atomic E-state index is 0.0737. The van der Waals surface area contributed by atoms with Gasteiger partial charge in [-0.15, -0.1) is 6.58 Å². The zero-order chi connectivity index (χ0) is 16.9. The Morgan fingerprint density at radius 1 is 1.30 bits per heavy atom. The third kappa shape index (κ3) is 4.18. The maximum absolute atomic E-state index is 9.94. The van der Waals surface area contributed by atoms with Gasteiger partial charge in [0.1, 0.15) is 0 Å². The summed E-state index contributed by atoms with van der Waals surface area (Å²) in [7, 11) is 0. The highest BCUT2D eigenvalue weighted by Crippen LogP contribution is 2.53. The minimum atomic E-state index is -0.0737. The van der Waals surface area contributed by atoms with E-state index in [9.17, 15) is 5.11 Å². The molecule has 0 spiro atoms. The van der Waals surface area contributed by atoms with E-state index in [1.165, 1.54) is 19.3 Å². The molecule has 1 nitrogen and oxygen atoms in total. The number of aliphatic hydroxyl groups is 1. The van der Waals surface area contributed by atoms with E-state index in [0.717, 1.165) is 38.0 Å². The highest BCUT2D eigenvalue weighted by Gasteiger charge is 2.43. The fraction of sp³-hybridized carbons (Fsp3) is 0.727. The number of allylic oxidation sites excluding steroid dienone is 5. The van der Waals surface area contributed by atoms with Crippen molar-refractivity contribution in [1.29, 1.82) is 0 Å². The molecule has 0 saturated heterocycles. The van der Waals surface area contributed by atoms with E-state index in [4.69, 9.17) is 0 Å². The molecule has 1 heteroatoms. The second-order valence-electron chi connectivity index (χ2n) is 8.05. The Balaban J connectivity index is 2.34. The number of rotatable bonds is 6. The first kappa shape index (κ1) is 18.5. The summed E-state index contributed by atoms with van der Waals surface area (Å²) in [4.78, 5) is 0. The van der Waals surface area contributed by atoms with E-state index >= 15 is 0 Å². The van der Waals surface area contributed by atoms with Crippen molar-refractivity contribution in [3.63, 3.8) is 0 Å². The van der Waals surface area contributed by atoms with Crippen LogP contribution in [-0.2, 0) is 0 Å². The monoisotopic (exact) mass is 316 g/mol. The van der Waals surface area contributed by atoms with E-state index in [1.807, 2.05) is 0 Å². The maximum Gasteiger partial charge on any atom is 0.0540 e. The summed E-state index contributed by atoms with van der Waals surface area (Å²) < 4.78 is 0. The van der Waals surface area contributed by atoms with Gasteiger partial charge in [0, 0.05) is 0 Å². The van der Waals surface area contributed by atoms with Gasteiger partial charge in [-0.05, 0) is 81.5 Å². The van der Waals surface area contributed by atoms with Crippen molar-refractivity contribution in [3.8, 4) is 0 Å². The number of aliphatic hydroxyl groups excluding tert-OH is 1. The van der Waals surface area contributed by atoms with Gasteiger partial charge in [0.2, 0.25) is 0 Å². The number of hydrogen-bond donors (Lipinski definition) is 1. The molecule has 0 aliphatic heterocycles. The van der Waals surface area contributed by atoms with Crippen LogP contribution >= 0.6 is 0 Å². The van der Waals surface area contributed by atoms with Crippen LogP contribution in [0.3, 0.4) is 0 Å². The summed E-state index contributed by atoms with van der Waals surface area (Å²) in [5.74, 6) is 2.05. The maximum atomic E-state index is 9.94. The Hall–Kier alpha value is -0.820. The highest BCUT2D eigenvalue weighted by atomic mass is 16.3. The highest BCUT2D eigenvalue weighted by molar-refractivity contribution is 5.23. The van der Waals surface area contributed by atoms with Crippen molar-refractivity contribution in [2.45, 2.75) is 78.2 Å². The van der Waals surface area contributed by atoms with Gasteiger partial charge in [-0.25, -0.2) is 0 Å². The lowest BCUT2D eigenvalue weighted by Gasteiger charge is -2.48. The summed E-state index contributed by atoms with van der Waals surface area (Å²) in [6.45, 7) is 11.0.